The highest BCUT2D eigenvalue weighted by molar-refractivity contribution is 7.16. The van der Waals surface area contributed by atoms with Crippen molar-refractivity contribution in [2.45, 2.75) is 6.92 Å². The number of thiophene rings is 1. The van der Waals surface area contributed by atoms with E-state index in [1.54, 1.807) is 0 Å². The zero-order valence-electron chi connectivity index (χ0n) is 8.86. The van der Waals surface area contributed by atoms with Gasteiger partial charge in [-0.05, 0) is 30.0 Å². The van der Waals surface area contributed by atoms with Crippen LogP contribution in [0.4, 0.5) is 11.6 Å². The maximum Gasteiger partial charge on any atom is 0.225 e. The number of anilines is 2. The van der Waals surface area contributed by atoms with Gasteiger partial charge in [0.25, 0.3) is 0 Å². The van der Waals surface area contributed by atoms with E-state index in [1.807, 2.05) is 24.4 Å². The summed E-state index contributed by atoms with van der Waals surface area (Å²) < 4.78 is 0. The summed E-state index contributed by atoms with van der Waals surface area (Å²) in [6.45, 7) is 1.94. The van der Waals surface area contributed by atoms with Crippen LogP contribution in [0.15, 0.2) is 17.5 Å². The van der Waals surface area contributed by atoms with Crippen molar-refractivity contribution in [3.63, 3.8) is 0 Å². The van der Waals surface area contributed by atoms with Gasteiger partial charge in [-0.25, -0.2) is 4.98 Å². The van der Waals surface area contributed by atoms with E-state index in [-0.39, 0.29) is 5.28 Å². The third kappa shape index (κ3) is 1.96. The number of aromatic amines is 1. The molecule has 0 fully saturated rings. The maximum absolute atomic E-state index is 5.87. The summed E-state index contributed by atoms with van der Waals surface area (Å²) in [5, 5.41) is 13.2. The average Bonchev–Trinajstić information content (AvgIpc) is 2.87. The molecule has 0 spiro atoms. The summed E-state index contributed by atoms with van der Waals surface area (Å²) in [7, 11) is 0. The van der Waals surface area contributed by atoms with Crippen LogP contribution in [0.3, 0.4) is 0 Å². The van der Waals surface area contributed by atoms with E-state index in [2.05, 4.69) is 25.5 Å². The Morgan fingerprint density at radius 2 is 2.29 bits per heavy atom. The van der Waals surface area contributed by atoms with E-state index in [1.165, 1.54) is 11.3 Å². The lowest BCUT2D eigenvalue weighted by Gasteiger charge is -2.03. The first-order valence-corrected chi connectivity index (χ1v) is 6.18. The van der Waals surface area contributed by atoms with Gasteiger partial charge in [-0.1, -0.05) is 0 Å². The molecule has 0 aliphatic rings. The fourth-order valence-electron chi connectivity index (χ4n) is 1.53. The van der Waals surface area contributed by atoms with Crippen molar-refractivity contribution < 1.29 is 0 Å². The normalized spacial score (nSPS) is 10.9. The number of nitrogens with zero attached hydrogens (tertiary/aromatic N) is 3. The molecule has 17 heavy (non-hydrogen) atoms. The second kappa shape index (κ2) is 3.97. The molecule has 3 aromatic rings. The Hall–Kier alpha value is -1.66. The quantitative estimate of drug-likeness (QED) is 0.699. The van der Waals surface area contributed by atoms with Crippen molar-refractivity contribution in [2.75, 3.05) is 5.32 Å². The SMILES string of the molecule is Cc1cc(Nc2nc(Cl)nc3sccc23)n[nH]1. The summed E-state index contributed by atoms with van der Waals surface area (Å²) in [5.41, 5.74) is 0.981. The fourth-order valence-corrected chi connectivity index (χ4v) is 2.51. The highest BCUT2D eigenvalue weighted by Crippen LogP contribution is 2.28. The lowest BCUT2D eigenvalue weighted by molar-refractivity contribution is 1.05. The molecule has 0 aromatic carbocycles. The zero-order chi connectivity index (χ0) is 11.8. The molecule has 0 atom stereocenters. The average molecular weight is 266 g/mol. The van der Waals surface area contributed by atoms with Gasteiger partial charge >= 0.3 is 0 Å². The van der Waals surface area contributed by atoms with E-state index in [0.29, 0.717) is 11.6 Å². The number of fused-ring (bicyclic) bond motifs is 1. The summed E-state index contributed by atoms with van der Waals surface area (Å²) in [6, 6.07) is 3.85. The summed E-state index contributed by atoms with van der Waals surface area (Å²) >= 11 is 7.40. The molecule has 7 heteroatoms. The summed E-state index contributed by atoms with van der Waals surface area (Å²) in [4.78, 5) is 9.18. The van der Waals surface area contributed by atoms with Crippen LogP contribution in [-0.2, 0) is 0 Å². The van der Waals surface area contributed by atoms with Crippen molar-refractivity contribution in [1.29, 1.82) is 0 Å². The zero-order valence-corrected chi connectivity index (χ0v) is 10.4. The Morgan fingerprint density at radius 3 is 3.06 bits per heavy atom. The number of aromatic nitrogens is 4. The van der Waals surface area contributed by atoms with Gasteiger partial charge in [0.1, 0.15) is 10.6 Å². The Morgan fingerprint density at radius 1 is 1.41 bits per heavy atom. The van der Waals surface area contributed by atoms with Crippen molar-refractivity contribution >= 4 is 44.8 Å². The molecule has 86 valence electrons. The monoisotopic (exact) mass is 265 g/mol. The maximum atomic E-state index is 5.87. The lowest BCUT2D eigenvalue weighted by atomic mass is 10.4. The predicted octanol–water partition coefficient (Wildman–Crippen LogP) is 3.12. The molecular weight excluding hydrogens is 258 g/mol. The van der Waals surface area contributed by atoms with Crippen LogP contribution in [0.1, 0.15) is 5.69 Å². The second-order valence-corrected chi connectivity index (χ2v) is 4.77. The highest BCUT2D eigenvalue weighted by atomic mass is 35.5. The molecule has 0 bridgehead atoms. The van der Waals surface area contributed by atoms with Gasteiger partial charge in [0.2, 0.25) is 5.28 Å². The van der Waals surface area contributed by atoms with Gasteiger partial charge in [0, 0.05) is 11.8 Å². The molecular formula is C10H8ClN5S. The van der Waals surface area contributed by atoms with Crippen LogP contribution in [0.5, 0.6) is 0 Å². The topological polar surface area (TPSA) is 66.5 Å². The molecule has 0 saturated carbocycles. The standard InChI is InChI=1S/C10H8ClN5S/c1-5-4-7(16-15-5)12-8-6-2-3-17-9(6)14-10(11)13-8/h2-4H,1H3,(H2,12,13,14,15,16). The van der Waals surface area contributed by atoms with Gasteiger partial charge in [-0.15, -0.1) is 11.3 Å². The first-order valence-electron chi connectivity index (χ1n) is 4.92. The Kier molecular flexibility index (Phi) is 2.45. The summed E-state index contributed by atoms with van der Waals surface area (Å²) in [5.74, 6) is 1.39. The molecule has 0 aliphatic carbocycles. The number of rotatable bonds is 2. The van der Waals surface area contributed by atoms with E-state index in [0.717, 1.165) is 15.9 Å². The van der Waals surface area contributed by atoms with Gasteiger partial charge in [-0.2, -0.15) is 10.1 Å². The van der Waals surface area contributed by atoms with Crippen molar-refractivity contribution in [3.05, 3.63) is 28.5 Å². The minimum absolute atomic E-state index is 0.231. The van der Waals surface area contributed by atoms with Gasteiger partial charge in [0.05, 0.1) is 5.39 Å². The molecule has 3 aromatic heterocycles. The molecule has 2 N–H and O–H groups in total. The number of aryl methyl sites for hydroxylation is 1. The smallest absolute Gasteiger partial charge is 0.225 e. The molecule has 0 saturated heterocycles. The molecule has 3 rings (SSSR count). The predicted molar refractivity (Wildman–Crippen MR) is 69.0 cm³/mol. The van der Waals surface area contributed by atoms with Crippen LogP contribution in [0.2, 0.25) is 5.28 Å². The van der Waals surface area contributed by atoms with E-state index >= 15 is 0 Å². The number of H-pyrrole nitrogens is 1. The molecule has 0 aliphatic heterocycles. The van der Waals surface area contributed by atoms with Crippen molar-refractivity contribution in [2.24, 2.45) is 0 Å². The molecule has 0 unspecified atom stereocenters. The van der Waals surface area contributed by atoms with Crippen LogP contribution in [0, 0.1) is 6.92 Å². The molecule has 3 heterocycles. The fraction of sp³-hybridized carbons (Fsp3) is 0.100. The van der Waals surface area contributed by atoms with Crippen molar-refractivity contribution in [3.8, 4) is 0 Å². The third-order valence-electron chi connectivity index (χ3n) is 2.25. The van der Waals surface area contributed by atoms with Crippen molar-refractivity contribution in [1.82, 2.24) is 20.2 Å². The first kappa shape index (κ1) is 10.5. The molecule has 0 radical (unpaired) electrons. The second-order valence-electron chi connectivity index (χ2n) is 3.54. The van der Waals surface area contributed by atoms with Crippen LogP contribution in [-0.4, -0.2) is 20.2 Å². The Balaban J connectivity index is 2.07. The van der Waals surface area contributed by atoms with Gasteiger partial charge in [-0.3, -0.25) is 5.10 Å². The summed E-state index contributed by atoms with van der Waals surface area (Å²) in [6.07, 6.45) is 0. The van der Waals surface area contributed by atoms with Crippen LogP contribution >= 0.6 is 22.9 Å². The Labute approximate surface area is 106 Å². The van der Waals surface area contributed by atoms with E-state index < -0.39 is 0 Å². The van der Waals surface area contributed by atoms with Gasteiger partial charge in [0.15, 0.2) is 5.82 Å². The first-order chi connectivity index (χ1) is 8.22. The number of hydrogen-bond donors (Lipinski definition) is 2. The van der Waals surface area contributed by atoms with Gasteiger partial charge < -0.3 is 5.32 Å². The highest BCUT2D eigenvalue weighted by Gasteiger charge is 2.09. The van der Waals surface area contributed by atoms with Crippen LogP contribution < -0.4 is 5.32 Å². The number of hydrogen-bond acceptors (Lipinski definition) is 5. The van der Waals surface area contributed by atoms with E-state index in [4.69, 9.17) is 11.6 Å². The lowest BCUT2D eigenvalue weighted by Crippen LogP contribution is -1.96. The minimum atomic E-state index is 0.231. The Bertz CT molecular complexity index is 674. The molecule has 5 nitrogen and oxygen atoms in total. The largest absolute Gasteiger partial charge is 0.323 e. The molecule has 0 amide bonds. The number of halogens is 1. The number of nitrogens with one attached hydrogen (secondary N) is 2. The minimum Gasteiger partial charge on any atom is -0.323 e. The third-order valence-corrected chi connectivity index (χ3v) is 3.23. The van der Waals surface area contributed by atoms with Crippen LogP contribution in [0.25, 0.3) is 10.2 Å². The van der Waals surface area contributed by atoms with E-state index in [9.17, 15) is 0 Å².